The molecule has 25 heavy (non-hydrogen) atoms. The number of halogens is 3. The van der Waals surface area contributed by atoms with Crippen LogP contribution < -0.4 is 4.90 Å². The fourth-order valence-corrected chi connectivity index (χ4v) is 2.89. The first kappa shape index (κ1) is 17.2. The molecule has 0 unspecified atom stereocenters. The van der Waals surface area contributed by atoms with E-state index in [1.807, 2.05) is 12.1 Å². The Morgan fingerprint density at radius 3 is 2.56 bits per heavy atom. The second-order valence-electron chi connectivity index (χ2n) is 5.97. The van der Waals surface area contributed by atoms with Gasteiger partial charge >= 0.3 is 6.18 Å². The van der Waals surface area contributed by atoms with E-state index in [1.54, 1.807) is 6.07 Å². The number of furan rings is 1. The Balaban J connectivity index is 1.86. The number of benzene rings is 1. The quantitative estimate of drug-likeness (QED) is 0.703. The van der Waals surface area contributed by atoms with E-state index in [0.717, 1.165) is 43.9 Å². The molecule has 130 valence electrons. The molecule has 1 saturated heterocycles. The molecule has 0 atom stereocenters. The molecule has 0 N–H and O–H groups in total. The standard InChI is InChI=1S/C19H17F3N2O/c20-19(21,22)16-6-4-5-14(11-16)15(13-23)12-17-7-8-18(25-17)24-9-2-1-3-10-24/h4-8,11-12H,1-3,9-10H2/b15-12-. The van der Waals surface area contributed by atoms with Gasteiger partial charge in [0.2, 0.25) is 0 Å². The molecule has 2 heterocycles. The maximum atomic E-state index is 12.8. The maximum absolute atomic E-state index is 12.8. The minimum atomic E-state index is -4.44. The summed E-state index contributed by atoms with van der Waals surface area (Å²) >= 11 is 0. The van der Waals surface area contributed by atoms with Gasteiger partial charge in [-0.25, -0.2) is 0 Å². The van der Waals surface area contributed by atoms with Crippen LogP contribution in [0, 0.1) is 11.3 Å². The van der Waals surface area contributed by atoms with Crippen LogP contribution in [0.2, 0.25) is 0 Å². The first-order chi connectivity index (χ1) is 12.0. The third-order valence-corrected chi connectivity index (χ3v) is 4.19. The Labute approximate surface area is 144 Å². The van der Waals surface area contributed by atoms with E-state index < -0.39 is 11.7 Å². The maximum Gasteiger partial charge on any atom is 0.416 e. The Bertz CT molecular complexity index is 809. The minimum Gasteiger partial charge on any atom is -0.441 e. The van der Waals surface area contributed by atoms with Crippen LogP contribution in [0.15, 0.2) is 40.8 Å². The smallest absolute Gasteiger partial charge is 0.416 e. The fourth-order valence-electron chi connectivity index (χ4n) is 2.89. The van der Waals surface area contributed by atoms with E-state index in [2.05, 4.69) is 4.90 Å². The van der Waals surface area contributed by atoms with Crippen LogP contribution in [-0.4, -0.2) is 13.1 Å². The number of alkyl halides is 3. The average molecular weight is 346 g/mol. The van der Waals surface area contributed by atoms with Crippen molar-refractivity contribution in [3.05, 3.63) is 53.3 Å². The van der Waals surface area contributed by atoms with Gasteiger partial charge in [0.05, 0.1) is 17.2 Å². The van der Waals surface area contributed by atoms with Crippen molar-refractivity contribution in [2.75, 3.05) is 18.0 Å². The van der Waals surface area contributed by atoms with Gasteiger partial charge in [-0.05, 0) is 49.1 Å². The highest BCUT2D eigenvalue weighted by Crippen LogP contribution is 2.31. The fraction of sp³-hybridized carbons (Fsp3) is 0.316. The number of nitrogens with zero attached hydrogens (tertiary/aromatic N) is 2. The van der Waals surface area contributed by atoms with Crippen LogP contribution in [0.25, 0.3) is 11.6 Å². The zero-order valence-corrected chi connectivity index (χ0v) is 13.5. The number of nitriles is 1. The summed E-state index contributed by atoms with van der Waals surface area (Å²) in [5.41, 5.74) is -0.432. The van der Waals surface area contributed by atoms with Crippen LogP contribution in [0.3, 0.4) is 0 Å². The largest absolute Gasteiger partial charge is 0.441 e. The van der Waals surface area contributed by atoms with E-state index in [1.165, 1.54) is 24.6 Å². The summed E-state index contributed by atoms with van der Waals surface area (Å²) in [5, 5.41) is 9.34. The molecule has 6 heteroatoms. The minimum absolute atomic E-state index is 0.130. The van der Waals surface area contributed by atoms with E-state index in [-0.39, 0.29) is 11.1 Å². The predicted molar refractivity (Wildman–Crippen MR) is 89.7 cm³/mol. The van der Waals surface area contributed by atoms with E-state index >= 15 is 0 Å². The third kappa shape index (κ3) is 4.05. The van der Waals surface area contributed by atoms with Crippen LogP contribution in [0.4, 0.5) is 19.1 Å². The van der Waals surface area contributed by atoms with Gasteiger partial charge < -0.3 is 9.32 Å². The summed E-state index contributed by atoms with van der Waals surface area (Å²) in [5.74, 6) is 1.18. The summed E-state index contributed by atoms with van der Waals surface area (Å²) in [7, 11) is 0. The van der Waals surface area contributed by atoms with Gasteiger partial charge in [-0.15, -0.1) is 0 Å². The Kier molecular flexibility index (Phi) is 4.84. The topological polar surface area (TPSA) is 40.2 Å². The van der Waals surface area contributed by atoms with Gasteiger partial charge in [0.25, 0.3) is 0 Å². The highest BCUT2D eigenvalue weighted by molar-refractivity contribution is 5.89. The lowest BCUT2D eigenvalue weighted by Crippen LogP contribution is -2.28. The Morgan fingerprint density at radius 1 is 1.12 bits per heavy atom. The summed E-state index contributed by atoms with van der Waals surface area (Å²) in [6.45, 7) is 1.85. The molecule has 1 fully saturated rings. The molecular weight excluding hydrogens is 329 g/mol. The van der Waals surface area contributed by atoms with E-state index in [9.17, 15) is 18.4 Å². The molecule has 0 spiro atoms. The molecule has 0 saturated carbocycles. The first-order valence-corrected chi connectivity index (χ1v) is 8.11. The molecule has 3 nitrogen and oxygen atoms in total. The summed E-state index contributed by atoms with van der Waals surface area (Å²) < 4.78 is 44.3. The number of hydrogen-bond acceptors (Lipinski definition) is 3. The van der Waals surface area contributed by atoms with Crippen molar-refractivity contribution < 1.29 is 17.6 Å². The molecule has 1 aromatic carbocycles. The highest BCUT2D eigenvalue weighted by atomic mass is 19.4. The van der Waals surface area contributed by atoms with Gasteiger partial charge in [0, 0.05) is 19.2 Å². The van der Waals surface area contributed by atoms with Crippen LogP contribution in [0.1, 0.15) is 36.1 Å². The van der Waals surface area contributed by atoms with Crippen molar-refractivity contribution in [3.63, 3.8) is 0 Å². The number of anilines is 1. The van der Waals surface area contributed by atoms with Gasteiger partial charge in [-0.2, -0.15) is 18.4 Å². The molecule has 1 aliphatic heterocycles. The van der Waals surface area contributed by atoms with Crippen molar-refractivity contribution in [1.82, 2.24) is 0 Å². The Hall–Kier alpha value is -2.68. The van der Waals surface area contributed by atoms with Crippen molar-refractivity contribution in [2.45, 2.75) is 25.4 Å². The van der Waals surface area contributed by atoms with Gasteiger partial charge in [0.1, 0.15) is 5.76 Å². The molecule has 0 radical (unpaired) electrons. The lowest BCUT2D eigenvalue weighted by atomic mass is 10.0. The van der Waals surface area contributed by atoms with Crippen molar-refractivity contribution >= 4 is 17.5 Å². The summed E-state index contributed by atoms with van der Waals surface area (Å²) in [6.07, 6.45) is 0.461. The van der Waals surface area contributed by atoms with Crippen LogP contribution >= 0.6 is 0 Å². The summed E-state index contributed by atoms with van der Waals surface area (Å²) in [6, 6.07) is 10.3. The van der Waals surface area contributed by atoms with Crippen molar-refractivity contribution in [1.29, 1.82) is 5.26 Å². The molecule has 0 aliphatic carbocycles. The zero-order chi connectivity index (χ0) is 17.9. The SMILES string of the molecule is N#C/C(=C/c1ccc(N2CCCCC2)o1)c1cccc(C(F)(F)F)c1. The molecule has 0 bridgehead atoms. The predicted octanol–water partition coefficient (Wildman–Crippen LogP) is 5.35. The van der Waals surface area contributed by atoms with Gasteiger partial charge in [0.15, 0.2) is 5.88 Å². The normalized spacial score (nSPS) is 15.9. The molecule has 1 aliphatic rings. The van der Waals surface area contributed by atoms with Crippen LogP contribution in [0.5, 0.6) is 0 Å². The second-order valence-corrected chi connectivity index (χ2v) is 5.97. The van der Waals surface area contributed by atoms with Gasteiger partial charge in [-0.3, -0.25) is 0 Å². The third-order valence-electron chi connectivity index (χ3n) is 4.19. The number of allylic oxidation sites excluding steroid dienone is 1. The monoisotopic (exact) mass is 346 g/mol. The van der Waals surface area contributed by atoms with Crippen molar-refractivity contribution in [2.24, 2.45) is 0 Å². The van der Waals surface area contributed by atoms with E-state index in [0.29, 0.717) is 5.76 Å². The zero-order valence-electron chi connectivity index (χ0n) is 13.5. The molecular formula is C19H17F3N2O. The number of rotatable bonds is 3. The average Bonchev–Trinajstić information content (AvgIpc) is 3.08. The Morgan fingerprint density at radius 2 is 1.88 bits per heavy atom. The number of piperidine rings is 1. The highest BCUT2D eigenvalue weighted by Gasteiger charge is 2.30. The molecule has 0 amide bonds. The first-order valence-electron chi connectivity index (χ1n) is 8.11. The van der Waals surface area contributed by atoms with E-state index in [4.69, 9.17) is 4.42 Å². The lowest BCUT2D eigenvalue weighted by molar-refractivity contribution is -0.137. The second kappa shape index (κ2) is 7.06. The van der Waals surface area contributed by atoms with Gasteiger partial charge in [-0.1, -0.05) is 12.1 Å². The van der Waals surface area contributed by atoms with Crippen LogP contribution in [-0.2, 0) is 6.18 Å². The van der Waals surface area contributed by atoms with Crippen molar-refractivity contribution in [3.8, 4) is 6.07 Å². The number of hydrogen-bond donors (Lipinski definition) is 0. The molecule has 1 aromatic heterocycles. The molecule has 2 aromatic rings. The molecule has 3 rings (SSSR count). The summed E-state index contributed by atoms with van der Waals surface area (Å²) in [4.78, 5) is 2.14. The lowest BCUT2D eigenvalue weighted by Gasteiger charge is -2.25.